The van der Waals surface area contributed by atoms with Gasteiger partial charge in [0.2, 0.25) is 5.91 Å². The molecular formula is C12H24N2O2. The molecule has 0 aromatic carbocycles. The molecule has 1 heterocycles. The summed E-state index contributed by atoms with van der Waals surface area (Å²) in [6, 6.07) is 0.135. The predicted molar refractivity (Wildman–Crippen MR) is 64.0 cm³/mol. The van der Waals surface area contributed by atoms with Crippen molar-refractivity contribution in [1.29, 1.82) is 0 Å². The first-order valence-corrected chi connectivity index (χ1v) is 6.07. The monoisotopic (exact) mass is 228 g/mol. The molecule has 0 aromatic rings. The number of nitrogens with two attached hydrogens (primary N) is 1. The number of carbonyl (C=O) groups is 1. The van der Waals surface area contributed by atoms with Crippen LogP contribution in [-0.2, 0) is 9.53 Å². The highest BCUT2D eigenvalue weighted by atomic mass is 16.5. The average Bonchev–Trinajstić information content (AvgIpc) is 2.22. The zero-order valence-electron chi connectivity index (χ0n) is 10.6. The van der Waals surface area contributed by atoms with Gasteiger partial charge in [0.15, 0.2) is 0 Å². The largest absolute Gasteiger partial charge is 0.384 e. The molecule has 94 valence electrons. The molecule has 4 heteroatoms. The maximum absolute atomic E-state index is 12.0. The van der Waals surface area contributed by atoms with Gasteiger partial charge < -0.3 is 15.4 Å². The van der Waals surface area contributed by atoms with Crippen molar-refractivity contribution in [3.63, 3.8) is 0 Å². The van der Waals surface area contributed by atoms with Crippen LogP contribution in [0.3, 0.4) is 0 Å². The Labute approximate surface area is 98.1 Å². The molecule has 16 heavy (non-hydrogen) atoms. The average molecular weight is 228 g/mol. The van der Waals surface area contributed by atoms with E-state index in [4.69, 9.17) is 10.5 Å². The first-order chi connectivity index (χ1) is 7.54. The summed E-state index contributed by atoms with van der Waals surface area (Å²) in [6.07, 6.45) is 1.58. The maximum atomic E-state index is 12.0. The summed E-state index contributed by atoms with van der Waals surface area (Å²) >= 11 is 0. The van der Waals surface area contributed by atoms with Crippen molar-refractivity contribution in [2.24, 2.45) is 17.6 Å². The molecule has 1 amide bonds. The standard InChI is InChI=1S/C12H24N2O2/c1-9(8-16-3)6-12(15)14-5-4-10(2)11(13)7-14/h9-11H,4-8,13H2,1-3H3. The third-order valence-electron chi connectivity index (χ3n) is 3.34. The lowest BCUT2D eigenvalue weighted by molar-refractivity contribution is -0.134. The van der Waals surface area contributed by atoms with E-state index in [0.717, 1.165) is 13.0 Å². The van der Waals surface area contributed by atoms with Gasteiger partial charge in [0.05, 0.1) is 0 Å². The van der Waals surface area contributed by atoms with E-state index in [-0.39, 0.29) is 17.9 Å². The molecule has 0 aliphatic carbocycles. The molecule has 1 fully saturated rings. The zero-order valence-corrected chi connectivity index (χ0v) is 10.6. The third-order valence-corrected chi connectivity index (χ3v) is 3.34. The van der Waals surface area contributed by atoms with Gasteiger partial charge >= 0.3 is 0 Å². The fourth-order valence-electron chi connectivity index (χ4n) is 2.10. The van der Waals surface area contributed by atoms with Crippen LogP contribution in [0.2, 0.25) is 0 Å². The Morgan fingerprint density at radius 1 is 1.62 bits per heavy atom. The summed E-state index contributed by atoms with van der Waals surface area (Å²) < 4.78 is 5.03. The van der Waals surface area contributed by atoms with Gasteiger partial charge in [-0.25, -0.2) is 0 Å². The van der Waals surface area contributed by atoms with Crippen molar-refractivity contribution in [3.05, 3.63) is 0 Å². The Morgan fingerprint density at radius 3 is 2.88 bits per heavy atom. The van der Waals surface area contributed by atoms with Gasteiger partial charge in [-0.2, -0.15) is 0 Å². The third kappa shape index (κ3) is 3.76. The van der Waals surface area contributed by atoms with Crippen LogP contribution in [0.1, 0.15) is 26.7 Å². The molecule has 0 bridgehead atoms. The van der Waals surface area contributed by atoms with E-state index in [1.54, 1.807) is 7.11 Å². The molecule has 0 aromatic heterocycles. The van der Waals surface area contributed by atoms with Gasteiger partial charge in [-0.15, -0.1) is 0 Å². The highest BCUT2D eigenvalue weighted by Crippen LogP contribution is 2.17. The van der Waals surface area contributed by atoms with Crippen LogP contribution in [-0.4, -0.2) is 43.7 Å². The normalized spacial score (nSPS) is 27.9. The summed E-state index contributed by atoms with van der Waals surface area (Å²) in [6.45, 7) is 6.39. The summed E-state index contributed by atoms with van der Waals surface area (Å²) in [5, 5.41) is 0. The summed E-state index contributed by atoms with van der Waals surface area (Å²) in [5.41, 5.74) is 5.98. The Kier molecular flexibility index (Phi) is 5.22. The topological polar surface area (TPSA) is 55.6 Å². The van der Waals surface area contributed by atoms with Crippen molar-refractivity contribution >= 4 is 5.91 Å². The van der Waals surface area contributed by atoms with Crippen LogP contribution in [0.5, 0.6) is 0 Å². The van der Waals surface area contributed by atoms with Crippen molar-refractivity contribution in [2.45, 2.75) is 32.7 Å². The number of hydrogen-bond donors (Lipinski definition) is 1. The van der Waals surface area contributed by atoms with Crippen molar-refractivity contribution < 1.29 is 9.53 Å². The van der Waals surface area contributed by atoms with E-state index >= 15 is 0 Å². The highest BCUT2D eigenvalue weighted by molar-refractivity contribution is 5.76. The van der Waals surface area contributed by atoms with E-state index in [9.17, 15) is 4.79 Å². The molecule has 0 spiro atoms. The lowest BCUT2D eigenvalue weighted by atomic mass is 9.94. The van der Waals surface area contributed by atoms with Crippen molar-refractivity contribution in [1.82, 2.24) is 4.90 Å². The maximum Gasteiger partial charge on any atom is 0.222 e. The van der Waals surface area contributed by atoms with Crippen molar-refractivity contribution in [3.8, 4) is 0 Å². The van der Waals surface area contributed by atoms with Gasteiger partial charge in [-0.05, 0) is 18.3 Å². The van der Waals surface area contributed by atoms with Crippen LogP contribution in [0.15, 0.2) is 0 Å². The first-order valence-electron chi connectivity index (χ1n) is 6.07. The number of methoxy groups -OCH3 is 1. The van der Waals surface area contributed by atoms with Crippen LogP contribution >= 0.6 is 0 Å². The Bertz CT molecular complexity index is 233. The molecule has 3 unspecified atom stereocenters. The number of nitrogens with zero attached hydrogens (tertiary/aromatic N) is 1. The van der Waals surface area contributed by atoms with E-state index < -0.39 is 0 Å². The van der Waals surface area contributed by atoms with Crippen LogP contribution in [0, 0.1) is 11.8 Å². The number of likely N-dealkylation sites (tertiary alicyclic amines) is 1. The summed E-state index contributed by atoms with van der Waals surface area (Å²) in [7, 11) is 1.67. The first kappa shape index (κ1) is 13.5. The Morgan fingerprint density at radius 2 is 2.31 bits per heavy atom. The van der Waals surface area contributed by atoms with Crippen LogP contribution in [0.25, 0.3) is 0 Å². The quantitative estimate of drug-likeness (QED) is 0.776. The lowest BCUT2D eigenvalue weighted by Crippen LogP contribution is -2.50. The smallest absolute Gasteiger partial charge is 0.222 e. The minimum atomic E-state index is 0.135. The molecular weight excluding hydrogens is 204 g/mol. The van der Waals surface area contributed by atoms with Gasteiger partial charge in [-0.3, -0.25) is 4.79 Å². The Balaban J connectivity index is 2.37. The molecule has 0 radical (unpaired) electrons. The van der Waals surface area contributed by atoms with Crippen molar-refractivity contribution in [2.75, 3.05) is 26.8 Å². The van der Waals surface area contributed by atoms with E-state index in [2.05, 4.69) is 6.92 Å². The van der Waals surface area contributed by atoms with Gasteiger partial charge in [-0.1, -0.05) is 13.8 Å². The Hall–Kier alpha value is -0.610. The molecule has 0 saturated carbocycles. The number of hydrogen-bond acceptors (Lipinski definition) is 3. The fraction of sp³-hybridized carbons (Fsp3) is 0.917. The summed E-state index contributed by atoms with van der Waals surface area (Å²) in [4.78, 5) is 13.9. The second kappa shape index (κ2) is 6.21. The fourth-order valence-corrected chi connectivity index (χ4v) is 2.10. The van der Waals surface area contributed by atoms with Crippen LogP contribution < -0.4 is 5.73 Å². The highest BCUT2D eigenvalue weighted by Gasteiger charge is 2.26. The number of amides is 1. The molecule has 4 nitrogen and oxygen atoms in total. The molecule has 1 aliphatic heterocycles. The number of piperidine rings is 1. The second-order valence-electron chi connectivity index (χ2n) is 5.03. The minimum Gasteiger partial charge on any atom is -0.384 e. The van der Waals surface area contributed by atoms with E-state index in [1.165, 1.54) is 0 Å². The summed E-state index contributed by atoms with van der Waals surface area (Å²) in [5.74, 6) is 1.03. The number of ether oxygens (including phenoxy) is 1. The zero-order chi connectivity index (χ0) is 12.1. The molecule has 1 saturated heterocycles. The van der Waals surface area contributed by atoms with Gasteiger partial charge in [0, 0.05) is 39.3 Å². The van der Waals surface area contributed by atoms with E-state index in [0.29, 0.717) is 25.5 Å². The molecule has 3 atom stereocenters. The molecule has 1 aliphatic rings. The molecule has 1 rings (SSSR count). The number of rotatable bonds is 4. The lowest BCUT2D eigenvalue weighted by Gasteiger charge is -2.35. The molecule has 2 N–H and O–H groups in total. The predicted octanol–water partition coefficient (Wildman–Crippen LogP) is 0.855. The van der Waals surface area contributed by atoms with Gasteiger partial charge in [0.25, 0.3) is 0 Å². The minimum absolute atomic E-state index is 0.135. The second-order valence-corrected chi connectivity index (χ2v) is 5.03. The van der Waals surface area contributed by atoms with E-state index in [1.807, 2.05) is 11.8 Å². The number of carbonyl (C=O) groups excluding carboxylic acids is 1. The van der Waals surface area contributed by atoms with Crippen LogP contribution in [0.4, 0.5) is 0 Å². The van der Waals surface area contributed by atoms with Gasteiger partial charge in [0.1, 0.15) is 0 Å². The SMILES string of the molecule is COCC(C)CC(=O)N1CCC(C)C(N)C1.